The van der Waals surface area contributed by atoms with Crippen molar-refractivity contribution in [2.45, 2.75) is 19.0 Å². The van der Waals surface area contributed by atoms with Crippen LogP contribution in [0.5, 0.6) is 5.75 Å². The summed E-state index contributed by atoms with van der Waals surface area (Å²) in [5.74, 6) is -2.03. The van der Waals surface area contributed by atoms with Gasteiger partial charge in [0.15, 0.2) is 5.78 Å². The molecule has 0 aliphatic heterocycles. The molecular formula is C37H32F2N2O4. The van der Waals surface area contributed by atoms with E-state index >= 15 is 0 Å². The van der Waals surface area contributed by atoms with Crippen molar-refractivity contribution < 1.29 is 28.2 Å². The van der Waals surface area contributed by atoms with E-state index in [-0.39, 0.29) is 31.0 Å². The fourth-order valence-electron chi connectivity index (χ4n) is 5.04. The lowest BCUT2D eigenvalue weighted by atomic mass is 10.00. The maximum absolute atomic E-state index is 14.6. The molecule has 228 valence electrons. The average molecular weight is 607 g/mol. The van der Waals surface area contributed by atoms with Gasteiger partial charge in [-0.05, 0) is 47.5 Å². The Morgan fingerprint density at radius 1 is 0.733 bits per heavy atom. The third-order valence-electron chi connectivity index (χ3n) is 7.30. The number of carbonyl (C=O) groups excluding carboxylic acids is 1. The minimum Gasteiger partial charge on any atom is -0.492 e. The summed E-state index contributed by atoms with van der Waals surface area (Å²) in [5.41, 5.74) is 2.86. The van der Waals surface area contributed by atoms with Crippen LogP contribution in [0.3, 0.4) is 0 Å². The lowest BCUT2D eigenvalue weighted by Gasteiger charge is -2.26. The molecule has 2 N–H and O–H groups in total. The summed E-state index contributed by atoms with van der Waals surface area (Å²) in [6, 6.07) is 34.9. The Morgan fingerprint density at radius 3 is 2.02 bits per heavy atom. The van der Waals surface area contributed by atoms with Gasteiger partial charge in [0.1, 0.15) is 35.7 Å². The van der Waals surface area contributed by atoms with Crippen LogP contribution in [0.15, 0.2) is 127 Å². The first-order valence-electron chi connectivity index (χ1n) is 14.5. The molecule has 1 atom stereocenters. The molecule has 6 nitrogen and oxygen atoms in total. The van der Waals surface area contributed by atoms with Crippen LogP contribution in [0.1, 0.15) is 27.0 Å². The van der Waals surface area contributed by atoms with Gasteiger partial charge in [-0.3, -0.25) is 4.79 Å². The summed E-state index contributed by atoms with van der Waals surface area (Å²) in [6.07, 6.45) is 0.154. The molecule has 0 radical (unpaired) electrons. The van der Waals surface area contributed by atoms with Crippen molar-refractivity contribution in [1.29, 1.82) is 0 Å². The van der Waals surface area contributed by atoms with Gasteiger partial charge in [0.2, 0.25) is 0 Å². The highest BCUT2D eigenvalue weighted by atomic mass is 19.1. The van der Waals surface area contributed by atoms with Gasteiger partial charge in [0.05, 0.1) is 6.54 Å². The number of ketones is 1. The molecule has 8 heteroatoms. The van der Waals surface area contributed by atoms with E-state index in [4.69, 9.17) is 4.74 Å². The number of rotatable bonds is 14. The Kier molecular flexibility index (Phi) is 10.2. The van der Waals surface area contributed by atoms with Gasteiger partial charge in [0, 0.05) is 29.8 Å². The predicted octanol–water partition coefficient (Wildman–Crippen LogP) is 7.39. The Hall–Kier alpha value is -5.50. The number of carbonyl (C=O) groups is 2. The molecule has 45 heavy (non-hydrogen) atoms. The van der Waals surface area contributed by atoms with Gasteiger partial charge in [-0.15, -0.1) is 0 Å². The highest BCUT2D eigenvalue weighted by Crippen LogP contribution is 2.26. The average Bonchev–Trinajstić information content (AvgIpc) is 3.06. The summed E-state index contributed by atoms with van der Waals surface area (Å²) in [4.78, 5) is 26.9. The number of nitrogens with one attached hydrogen (secondary N) is 1. The van der Waals surface area contributed by atoms with Crippen LogP contribution < -0.4 is 15.0 Å². The first kappa shape index (κ1) is 30.9. The lowest BCUT2D eigenvalue weighted by Crippen LogP contribution is -2.32. The van der Waals surface area contributed by atoms with Crippen molar-refractivity contribution in [1.82, 2.24) is 0 Å². The fraction of sp³-hybridized carbons (Fsp3) is 0.135. The Bertz CT molecular complexity index is 1710. The molecule has 1 unspecified atom stereocenters. The maximum Gasteiger partial charge on any atom is 0.326 e. The van der Waals surface area contributed by atoms with E-state index in [0.29, 0.717) is 29.1 Å². The molecule has 0 saturated heterocycles. The predicted molar refractivity (Wildman–Crippen MR) is 171 cm³/mol. The molecule has 0 heterocycles. The number of nitrogens with zero attached hydrogens (tertiary/aromatic N) is 1. The molecule has 5 aromatic rings. The SMILES string of the molecule is O=C(c1ccccc1)c1ccccc1NC(Cc1ccc(OCCN(Cc2ccccc2)c2c(F)cccc2F)cc1)C(=O)O. The van der Waals surface area contributed by atoms with Crippen LogP contribution in [0.2, 0.25) is 0 Å². The summed E-state index contributed by atoms with van der Waals surface area (Å²) in [5, 5.41) is 13.0. The van der Waals surface area contributed by atoms with Crippen LogP contribution in [-0.2, 0) is 17.8 Å². The molecule has 0 fully saturated rings. The highest BCUT2D eigenvalue weighted by molar-refractivity contribution is 6.12. The van der Waals surface area contributed by atoms with Crippen LogP contribution >= 0.6 is 0 Å². The van der Waals surface area contributed by atoms with E-state index in [9.17, 15) is 23.5 Å². The normalized spacial score (nSPS) is 11.4. The standard InChI is InChI=1S/C37H32F2N2O4/c38-31-15-9-16-32(39)35(31)41(25-27-10-3-1-4-11-27)22-23-45-29-20-18-26(19-21-29)24-34(37(43)44)40-33-17-8-7-14-30(33)36(42)28-12-5-2-6-13-28/h1-21,34,40H,22-25H2,(H,43,44). The van der Waals surface area contributed by atoms with Gasteiger partial charge in [-0.1, -0.05) is 91.0 Å². The van der Waals surface area contributed by atoms with Crippen LogP contribution in [0.4, 0.5) is 20.2 Å². The maximum atomic E-state index is 14.6. The van der Waals surface area contributed by atoms with Gasteiger partial charge in [-0.2, -0.15) is 0 Å². The zero-order valence-corrected chi connectivity index (χ0v) is 24.4. The molecule has 0 aliphatic rings. The largest absolute Gasteiger partial charge is 0.492 e. The number of anilines is 2. The Balaban J connectivity index is 1.23. The number of carboxylic acid groups (broad SMARTS) is 1. The molecule has 0 aromatic heterocycles. The van der Waals surface area contributed by atoms with E-state index < -0.39 is 23.6 Å². The number of halogens is 2. The minimum absolute atomic E-state index is 0.112. The smallest absolute Gasteiger partial charge is 0.326 e. The molecule has 0 bridgehead atoms. The summed E-state index contributed by atoms with van der Waals surface area (Å²) < 4.78 is 35.2. The topological polar surface area (TPSA) is 78.9 Å². The van der Waals surface area contributed by atoms with Gasteiger partial charge < -0.3 is 20.1 Å². The molecule has 0 amide bonds. The summed E-state index contributed by atoms with van der Waals surface area (Å²) in [6.45, 7) is 0.677. The number of ether oxygens (including phenoxy) is 1. The first-order chi connectivity index (χ1) is 21.9. The third-order valence-corrected chi connectivity index (χ3v) is 7.30. The number of aliphatic carboxylic acids is 1. The van der Waals surface area contributed by atoms with E-state index in [1.165, 1.54) is 18.2 Å². The van der Waals surface area contributed by atoms with Crippen molar-refractivity contribution in [3.05, 3.63) is 161 Å². The molecule has 0 aliphatic carbocycles. The summed E-state index contributed by atoms with van der Waals surface area (Å²) in [7, 11) is 0. The minimum atomic E-state index is -1.06. The van der Waals surface area contributed by atoms with E-state index in [1.807, 2.05) is 36.4 Å². The lowest BCUT2D eigenvalue weighted by molar-refractivity contribution is -0.137. The quantitative estimate of drug-likeness (QED) is 0.128. The molecule has 5 rings (SSSR count). The number of benzene rings is 5. The second-order valence-corrected chi connectivity index (χ2v) is 10.4. The fourth-order valence-corrected chi connectivity index (χ4v) is 5.04. The van der Waals surface area contributed by atoms with Gasteiger partial charge in [0.25, 0.3) is 0 Å². The number of para-hydroxylation sites is 2. The van der Waals surface area contributed by atoms with Crippen molar-refractivity contribution in [2.75, 3.05) is 23.4 Å². The van der Waals surface area contributed by atoms with Gasteiger partial charge in [-0.25, -0.2) is 13.6 Å². The van der Waals surface area contributed by atoms with E-state index in [2.05, 4.69) is 5.32 Å². The number of hydrogen-bond acceptors (Lipinski definition) is 5. The Morgan fingerprint density at radius 2 is 1.36 bits per heavy atom. The van der Waals surface area contributed by atoms with Crippen LogP contribution in [0.25, 0.3) is 0 Å². The molecule has 5 aromatic carbocycles. The second kappa shape index (κ2) is 14.8. The monoisotopic (exact) mass is 606 g/mol. The van der Waals surface area contributed by atoms with E-state index in [1.54, 1.807) is 77.7 Å². The molecular weight excluding hydrogens is 574 g/mol. The molecule has 0 saturated carbocycles. The van der Waals surface area contributed by atoms with Crippen LogP contribution in [-0.4, -0.2) is 36.1 Å². The number of carboxylic acids is 1. The van der Waals surface area contributed by atoms with Gasteiger partial charge >= 0.3 is 5.97 Å². The van der Waals surface area contributed by atoms with Crippen molar-refractivity contribution in [3.63, 3.8) is 0 Å². The zero-order chi connectivity index (χ0) is 31.6. The van der Waals surface area contributed by atoms with Crippen LogP contribution in [0, 0.1) is 11.6 Å². The highest BCUT2D eigenvalue weighted by Gasteiger charge is 2.22. The molecule has 0 spiro atoms. The number of hydrogen-bond donors (Lipinski definition) is 2. The summed E-state index contributed by atoms with van der Waals surface area (Å²) >= 11 is 0. The Labute approximate surface area is 260 Å². The van der Waals surface area contributed by atoms with Crippen molar-refractivity contribution in [2.24, 2.45) is 0 Å². The third kappa shape index (κ3) is 8.12. The second-order valence-electron chi connectivity index (χ2n) is 10.4. The van der Waals surface area contributed by atoms with Crippen molar-refractivity contribution in [3.8, 4) is 5.75 Å². The van der Waals surface area contributed by atoms with E-state index in [0.717, 1.165) is 11.1 Å². The zero-order valence-electron chi connectivity index (χ0n) is 24.4. The van der Waals surface area contributed by atoms with Crippen molar-refractivity contribution >= 4 is 23.1 Å². The first-order valence-corrected chi connectivity index (χ1v) is 14.5.